The lowest BCUT2D eigenvalue weighted by molar-refractivity contribution is -0.130. The fraction of sp³-hybridized carbons (Fsp3) is 1.00. The first-order valence-corrected chi connectivity index (χ1v) is 13.6. The summed E-state index contributed by atoms with van der Waals surface area (Å²) < 4.78 is 50.9. The van der Waals surface area contributed by atoms with Crippen LogP contribution in [0.1, 0.15) is 97.3 Å². The van der Waals surface area contributed by atoms with E-state index >= 15 is 8.78 Å². The summed E-state index contributed by atoms with van der Waals surface area (Å²) in [6, 6.07) is 0. The topological polar surface area (TPSA) is 9.23 Å². The van der Waals surface area contributed by atoms with Crippen LogP contribution >= 0.6 is 0 Å². The average Bonchev–Trinajstić information content (AvgIpc) is 2.79. The van der Waals surface area contributed by atoms with Crippen LogP contribution in [0.4, 0.5) is 13.2 Å². The van der Waals surface area contributed by atoms with E-state index in [0.29, 0.717) is 25.4 Å². The summed E-state index contributed by atoms with van der Waals surface area (Å²) in [6.07, 6.45) is 9.80. The van der Waals surface area contributed by atoms with E-state index in [0.717, 1.165) is 37.0 Å². The second-order valence-electron chi connectivity index (χ2n) is 11.4. The van der Waals surface area contributed by atoms with E-state index in [2.05, 4.69) is 6.92 Å². The van der Waals surface area contributed by atoms with Gasteiger partial charge in [-0.15, -0.1) is 0 Å². The Morgan fingerprint density at radius 2 is 1.23 bits per heavy atom. The van der Waals surface area contributed by atoms with Crippen LogP contribution in [0.25, 0.3) is 0 Å². The van der Waals surface area contributed by atoms with Crippen LogP contribution in [0.15, 0.2) is 0 Å². The molecule has 0 heterocycles. The predicted molar refractivity (Wildman–Crippen MR) is 120 cm³/mol. The maximum absolute atomic E-state index is 15.3. The van der Waals surface area contributed by atoms with Crippen LogP contribution in [0.5, 0.6) is 0 Å². The third-order valence-electron chi connectivity index (χ3n) is 9.80. The molecular weight excluding hydrogens is 397 g/mol. The van der Waals surface area contributed by atoms with Gasteiger partial charge in [0.05, 0.1) is 6.10 Å². The van der Waals surface area contributed by atoms with Gasteiger partial charge in [0.1, 0.15) is 18.5 Å². The molecule has 4 fully saturated rings. The number of hydrogen-bond donors (Lipinski definition) is 0. The van der Waals surface area contributed by atoms with E-state index in [1.54, 1.807) is 0 Å². The van der Waals surface area contributed by atoms with Crippen LogP contribution in [0.2, 0.25) is 0 Å². The Morgan fingerprint density at radius 1 is 0.645 bits per heavy atom. The van der Waals surface area contributed by atoms with Crippen molar-refractivity contribution in [3.63, 3.8) is 0 Å². The molecule has 0 radical (unpaired) electrons. The molecule has 4 rings (SSSR count). The van der Waals surface area contributed by atoms with E-state index in [4.69, 9.17) is 4.74 Å². The molecule has 4 saturated carbocycles. The van der Waals surface area contributed by atoms with Crippen LogP contribution in [-0.4, -0.2) is 31.2 Å². The van der Waals surface area contributed by atoms with Gasteiger partial charge in [0.2, 0.25) is 0 Å². The largest absolute Gasteiger partial charge is 0.375 e. The Morgan fingerprint density at radius 3 is 1.84 bits per heavy atom. The van der Waals surface area contributed by atoms with Crippen molar-refractivity contribution in [1.29, 1.82) is 0 Å². The smallest absolute Gasteiger partial charge is 0.137 e. The van der Waals surface area contributed by atoms with Gasteiger partial charge in [-0.05, 0) is 100 Å². The molecule has 7 unspecified atom stereocenters. The quantitative estimate of drug-likeness (QED) is 0.407. The first kappa shape index (κ1) is 23.9. The summed E-state index contributed by atoms with van der Waals surface area (Å²) in [5, 5.41) is 0. The van der Waals surface area contributed by atoms with Crippen LogP contribution in [0.3, 0.4) is 0 Å². The van der Waals surface area contributed by atoms with E-state index < -0.39 is 30.5 Å². The molecule has 180 valence electrons. The van der Waals surface area contributed by atoms with Gasteiger partial charge in [0.25, 0.3) is 0 Å². The van der Waals surface area contributed by atoms with Crippen LogP contribution < -0.4 is 0 Å². The highest BCUT2D eigenvalue weighted by Gasteiger charge is 2.54. The van der Waals surface area contributed by atoms with Crippen molar-refractivity contribution in [2.24, 2.45) is 41.4 Å². The first-order chi connectivity index (χ1) is 15.0. The number of halogens is 3. The summed E-state index contributed by atoms with van der Waals surface area (Å²) in [4.78, 5) is 0. The van der Waals surface area contributed by atoms with Crippen molar-refractivity contribution in [3.05, 3.63) is 0 Å². The summed E-state index contributed by atoms with van der Waals surface area (Å²) in [6.45, 7) is 4.57. The van der Waals surface area contributed by atoms with E-state index in [1.807, 2.05) is 6.92 Å². The average molecular weight is 443 g/mol. The maximum atomic E-state index is 15.3. The molecule has 0 N–H and O–H groups in total. The van der Waals surface area contributed by atoms with Crippen molar-refractivity contribution in [2.45, 2.75) is 122 Å². The highest BCUT2D eigenvalue weighted by atomic mass is 19.2. The minimum atomic E-state index is -1.66. The van der Waals surface area contributed by atoms with E-state index in [1.165, 1.54) is 51.4 Å². The van der Waals surface area contributed by atoms with Gasteiger partial charge in [-0.1, -0.05) is 32.6 Å². The standard InChI is InChI=1S/C27H45F3O/c1-3-5-17-6-8-18(9-7-17)19-10-12-20(13-11-19)22-16-21-14-15-23(31-4-2)26(29)24(21)27(30)25(22)28/h17-27H,3-16H2,1-2H3. The van der Waals surface area contributed by atoms with E-state index in [9.17, 15) is 4.39 Å². The first-order valence-electron chi connectivity index (χ1n) is 13.6. The Balaban J connectivity index is 1.29. The highest BCUT2D eigenvalue weighted by molar-refractivity contribution is 5.02. The van der Waals surface area contributed by atoms with Crippen molar-refractivity contribution < 1.29 is 17.9 Å². The van der Waals surface area contributed by atoms with Crippen LogP contribution in [0, 0.1) is 41.4 Å². The molecule has 4 heteroatoms. The van der Waals surface area contributed by atoms with Gasteiger partial charge in [0, 0.05) is 12.5 Å². The van der Waals surface area contributed by atoms with Crippen molar-refractivity contribution in [2.75, 3.05) is 6.61 Å². The molecule has 0 aromatic heterocycles. The molecule has 0 aromatic rings. The Labute approximate surface area is 188 Å². The summed E-state index contributed by atoms with van der Waals surface area (Å²) in [5.74, 6) is 1.89. The number of ether oxygens (including phenoxy) is 1. The second kappa shape index (κ2) is 10.8. The Kier molecular flexibility index (Phi) is 8.31. The lowest BCUT2D eigenvalue weighted by Gasteiger charge is -2.49. The van der Waals surface area contributed by atoms with Gasteiger partial charge in [-0.2, -0.15) is 0 Å². The van der Waals surface area contributed by atoms with Crippen molar-refractivity contribution in [1.82, 2.24) is 0 Å². The molecule has 1 nitrogen and oxygen atoms in total. The van der Waals surface area contributed by atoms with Gasteiger partial charge in [0.15, 0.2) is 0 Å². The lowest BCUT2D eigenvalue weighted by Crippen LogP contribution is -2.54. The molecule has 0 amide bonds. The molecule has 0 aromatic carbocycles. The molecule has 7 atom stereocenters. The summed E-state index contributed by atoms with van der Waals surface area (Å²) in [5.41, 5.74) is 0. The normalized spacial score (nSPS) is 48.9. The monoisotopic (exact) mass is 442 g/mol. The molecule has 0 bridgehead atoms. The van der Waals surface area contributed by atoms with Crippen molar-refractivity contribution in [3.8, 4) is 0 Å². The summed E-state index contributed by atoms with van der Waals surface area (Å²) in [7, 11) is 0. The molecular formula is C27H45F3O. The fourth-order valence-electron chi connectivity index (χ4n) is 8.12. The number of rotatable bonds is 6. The van der Waals surface area contributed by atoms with Gasteiger partial charge < -0.3 is 4.74 Å². The minimum Gasteiger partial charge on any atom is -0.375 e. The van der Waals surface area contributed by atoms with Gasteiger partial charge in [-0.25, -0.2) is 13.2 Å². The van der Waals surface area contributed by atoms with Gasteiger partial charge in [-0.3, -0.25) is 0 Å². The third-order valence-corrected chi connectivity index (χ3v) is 9.80. The highest BCUT2D eigenvalue weighted by Crippen LogP contribution is 2.52. The minimum absolute atomic E-state index is 0.00901. The lowest BCUT2D eigenvalue weighted by atomic mass is 9.59. The second-order valence-corrected chi connectivity index (χ2v) is 11.4. The van der Waals surface area contributed by atoms with Crippen LogP contribution in [-0.2, 0) is 4.74 Å². The van der Waals surface area contributed by atoms with Gasteiger partial charge >= 0.3 is 0 Å². The molecule has 0 aliphatic heterocycles. The molecule has 4 aliphatic carbocycles. The number of hydrogen-bond acceptors (Lipinski definition) is 1. The zero-order valence-corrected chi connectivity index (χ0v) is 19.8. The molecule has 31 heavy (non-hydrogen) atoms. The van der Waals surface area contributed by atoms with E-state index in [-0.39, 0.29) is 11.8 Å². The molecule has 0 spiro atoms. The Bertz CT molecular complexity index is 539. The zero-order chi connectivity index (χ0) is 22.0. The zero-order valence-electron chi connectivity index (χ0n) is 19.8. The number of alkyl halides is 3. The molecule has 0 saturated heterocycles. The third kappa shape index (κ3) is 5.14. The number of fused-ring (bicyclic) bond motifs is 1. The molecule has 4 aliphatic rings. The predicted octanol–water partition coefficient (Wildman–Crippen LogP) is 7.86. The Hall–Kier alpha value is -0.250. The maximum Gasteiger partial charge on any atom is 0.137 e. The fourth-order valence-corrected chi connectivity index (χ4v) is 8.12. The summed E-state index contributed by atoms with van der Waals surface area (Å²) >= 11 is 0. The van der Waals surface area contributed by atoms with Crippen molar-refractivity contribution >= 4 is 0 Å². The SMILES string of the molecule is CCCC1CCC(C2CCC(C3CC4CCC(OCC)C(F)C4C(F)C3F)CC2)CC1.